The molecule has 51 heavy (non-hydrogen) atoms. The number of allylic oxidation sites excluding steroid dienone is 14. The lowest BCUT2D eigenvalue weighted by Gasteiger charge is -2.15. The highest BCUT2D eigenvalue weighted by Gasteiger charge is 2.13. The van der Waals surface area contributed by atoms with Crippen LogP contribution < -0.4 is 0 Å². The number of unbranched alkanes of at least 4 members (excludes halogenated alkanes) is 16. The van der Waals surface area contributed by atoms with Crippen molar-refractivity contribution in [1.29, 1.82) is 0 Å². The zero-order valence-electron chi connectivity index (χ0n) is 33.3. The molecule has 0 heterocycles. The van der Waals surface area contributed by atoms with Crippen LogP contribution in [-0.4, -0.2) is 37.0 Å². The zero-order chi connectivity index (χ0) is 37.0. The molecule has 0 fully saturated rings. The maximum atomic E-state index is 12.2. The Hall–Kier alpha value is -2.43. The number of hydrogen-bond donors (Lipinski definition) is 1. The van der Waals surface area contributed by atoms with Crippen LogP contribution in [0.3, 0.4) is 0 Å². The second-order valence-electron chi connectivity index (χ2n) is 13.7. The van der Waals surface area contributed by atoms with Crippen LogP contribution in [0.2, 0.25) is 0 Å². The quantitative estimate of drug-likeness (QED) is 0.0394. The summed E-state index contributed by atoms with van der Waals surface area (Å²) < 4.78 is 11.1. The zero-order valence-corrected chi connectivity index (χ0v) is 33.3. The van der Waals surface area contributed by atoms with Crippen LogP contribution in [0, 0.1) is 0 Å². The molecule has 0 spiro atoms. The Morgan fingerprint density at radius 3 is 1.31 bits per heavy atom. The first-order chi connectivity index (χ1) is 25.2. The molecule has 0 aromatic heterocycles. The molecular formula is C47H80O4. The topological polar surface area (TPSA) is 55.8 Å². The highest BCUT2D eigenvalue weighted by atomic mass is 16.6. The maximum Gasteiger partial charge on any atom is 0.306 e. The molecule has 0 aliphatic rings. The lowest BCUT2D eigenvalue weighted by atomic mass is 10.0. The monoisotopic (exact) mass is 709 g/mol. The van der Waals surface area contributed by atoms with Gasteiger partial charge in [-0.3, -0.25) is 4.79 Å². The predicted octanol–water partition coefficient (Wildman–Crippen LogP) is 14.0. The summed E-state index contributed by atoms with van der Waals surface area (Å²) in [5, 5.41) is 9.59. The third-order valence-electron chi connectivity index (χ3n) is 8.73. The molecule has 0 saturated carbocycles. The summed E-state index contributed by atoms with van der Waals surface area (Å²) >= 11 is 0. The van der Waals surface area contributed by atoms with Crippen molar-refractivity contribution < 1.29 is 19.4 Å². The molecule has 0 rings (SSSR count). The lowest BCUT2D eigenvalue weighted by Crippen LogP contribution is -2.27. The molecule has 0 aromatic rings. The van der Waals surface area contributed by atoms with E-state index in [-0.39, 0.29) is 19.2 Å². The van der Waals surface area contributed by atoms with Crippen molar-refractivity contribution in [3.63, 3.8) is 0 Å². The number of aliphatic hydroxyl groups excluding tert-OH is 1. The van der Waals surface area contributed by atoms with Crippen LogP contribution in [0.25, 0.3) is 0 Å². The maximum absolute atomic E-state index is 12.2. The Kier molecular flexibility index (Phi) is 41.6. The molecule has 0 aromatic carbocycles. The van der Waals surface area contributed by atoms with Gasteiger partial charge in [0.05, 0.1) is 13.2 Å². The number of hydrogen-bond acceptors (Lipinski definition) is 4. The fourth-order valence-corrected chi connectivity index (χ4v) is 5.60. The molecule has 4 nitrogen and oxygen atoms in total. The van der Waals surface area contributed by atoms with Crippen LogP contribution >= 0.6 is 0 Å². The minimum atomic E-state index is -0.555. The van der Waals surface area contributed by atoms with Gasteiger partial charge in [0.2, 0.25) is 0 Å². The minimum absolute atomic E-state index is 0.188. The van der Waals surface area contributed by atoms with Gasteiger partial charge in [0.25, 0.3) is 0 Å². The largest absolute Gasteiger partial charge is 0.457 e. The Morgan fingerprint density at radius 1 is 0.490 bits per heavy atom. The summed E-state index contributed by atoms with van der Waals surface area (Å²) in [7, 11) is 0. The Morgan fingerprint density at radius 2 is 0.882 bits per heavy atom. The molecule has 0 radical (unpaired) electrons. The van der Waals surface area contributed by atoms with Gasteiger partial charge in [0, 0.05) is 13.0 Å². The van der Waals surface area contributed by atoms with Gasteiger partial charge < -0.3 is 14.6 Å². The van der Waals surface area contributed by atoms with Crippen molar-refractivity contribution in [3.05, 3.63) is 85.1 Å². The van der Waals surface area contributed by atoms with E-state index in [1.807, 2.05) is 0 Å². The minimum Gasteiger partial charge on any atom is -0.457 e. The Bertz CT molecular complexity index is 923. The second kappa shape index (κ2) is 43.7. The van der Waals surface area contributed by atoms with E-state index < -0.39 is 6.10 Å². The van der Waals surface area contributed by atoms with Gasteiger partial charge in [-0.2, -0.15) is 0 Å². The summed E-state index contributed by atoms with van der Waals surface area (Å²) in [6.07, 6.45) is 60.6. The number of carbonyl (C=O) groups is 1. The summed E-state index contributed by atoms with van der Waals surface area (Å²) in [5.74, 6) is -0.234. The van der Waals surface area contributed by atoms with Gasteiger partial charge in [0.15, 0.2) is 0 Å². The first-order valence-corrected chi connectivity index (χ1v) is 21.2. The molecule has 292 valence electrons. The number of carbonyl (C=O) groups excluding carboxylic acids is 1. The molecule has 1 atom stereocenters. The molecule has 4 heteroatoms. The van der Waals surface area contributed by atoms with Gasteiger partial charge in [-0.05, 0) is 70.6 Å². The molecule has 0 saturated heterocycles. The number of rotatable bonds is 38. The molecule has 0 amide bonds. The highest BCUT2D eigenvalue weighted by molar-refractivity contribution is 5.69. The number of esters is 1. The van der Waals surface area contributed by atoms with Gasteiger partial charge in [0.1, 0.15) is 6.10 Å². The van der Waals surface area contributed by atoms with Gasteiger partial charge in [-0.25, -0.2) is 0 Å². The van der Waals surface area contributed by atoms with E-state index in [1.165, 1.54) is 83.5 Å². The fraction of sp³-hybridized carbons (Fsp3) is 0.681. The second-order valence-corrected chi connectivity index (χ2v) is 13.7. The van der Waals surface area contributed by atoms with Crippen molar-refractivity contribution in [1.82, 2.24) is 0 Å². The van der Waals surface area contributed by atoms with Crippen molar-refractivity contribution >= 4 is 5.97 Å². The third-order valence-corrected chi connectivity index (χ3v) is 8.73. The molecule has 0 aliphatic carbocycles. The van der Waals surface area contributed by atoms with E-state index in [9.17, 15) is 9.90 Å². The van der Waals surface area contributed by atoms with Crippen molar-refractivity contribution in [2.24, 2.45) is 0 Å². The van der Waals surface area contributed by atoms with Crippen molar-refractivity contribution in [3.8, 4) is 0 Å². The normalized spacial score (nSPS) is 13.2. The van der Waals surface area contributed by atoms with Crippen molar-refractivity contribution in [2.75, 3.05) is 19.8 Å². The van der Waals surface area contributed by atoms with Gasteiger partial charge in [-0.1, -0.05) is 189 Å². The molecule has 0 aliphatic heterocycles. The molecule has 1 N–H and O–H groups in total. The third kappa shape index (κ3) is 41.9. The standard InChI is InChI=1S/C47H80O4/c1-3-5-7-9-11-13-15-17-19-20-21-22-23-24-25-26-27-28-29-30-32-34-36-38-40-42-47(49)51-46(44-48)45-50-43-41-39-37-35-33-31-18-16-14-12-10-8-6-4-2/h5,7,11,13,17,19,21-22,24-25,27-28,30,32,46,48H,3-4,6,8-10,12,14-16,18,20,23,26,29,31,33-45H2,1-2H3/b7-5-,13-11-,19-17-,22-21-,25-24-,28-27-,32-30-. The summed E-state index contributed by atoms with van der Waals surface area (Å²) in [5.41, 5.74) is 0. The Labute approximate surface area is 316 Å². The van der Waals surface area contributed by atoms with Crippen LogP contribution in [0.15, 0.2) is 85.1 Å². The van der Waals surface area contributed by atoms with Crippen LogP contribution in [0.4, 0.5) is 0 Å². The van der Waals surface area contributed by atoms with E-state index in [0.717, 1.165) is 77.0 Å². The summed E-state index contributed by atoms with van der Waals surface area (Å²) in [6.45, 7) is 5.19. The number of ether oxygens (including phenoxy) is 2. The number of aliphatic hydroxyl groups is 1. The van der Waals surface area contributed by atoms with Crippen molar-refractivity contribution in [2.45, 2.75) is 187 Å². The molecular weight excluding hydrogens is 629 g/mol. The van der Waals surface area contributed by atoms with E-state index in [1.54, 1.807) is 0 Å². The van der Waals surface area contributed by atoms with Crippen LogP contribution in [0.5, 0.6) is 0 Å². The predicted molar refractivity (Wildman–Crippen MR) is 223 cm³/mol. The smallest absolute Gasteiger partial charge is 0.306 e. The van der Waals surface area contributed by atoms with Crippen LogP contribution in [0.1, 0.15) is 181 Å². The van der Waals surface area contributed by atoms with Gasteiger partial charge in [-0.15, -0.1) is 0 Å². The van der Waals surface area contributed by atoms with E-state index in [2.05, 4.69) is 98.9 Å². The first kappa shape index (κ1) is 48.6. The van der Waals surface area contributed by atoms with E-state index >= 15 is 0 Å². The molecule has 1 unspecified atom stereocenters. The van der Waals surface area contributed by atoms with E-state index in [0.29, 0.717) is 13.0 Å². The average molecular weight is 709 g/mol. The molecule has 0 bridgehead atoms. The SMILES string of the molecule is CC/C=C\C/C=C\C/C=C\C/C=C\C/C=C\C/C=C\C/C=C\CCCCCC(=O)OC(CO)COCCCCCCCCCCCCCCCC. The lowest BCUT2D eigenvalue weighted by molar-refractivity contribution is -0.154. The average Bonchev–Trinajstić information content (AvgIpc) is 3.14. The highest BCUT2D eigenvalue weighted by Crippen LogP contribution is 2.13. The summed E-state index contributed by atoms with van der Waals surface area (Å²) in [4.78, 5) is 12.2. The fourth-order valence-electron chi connectivity index (χ4n) is 5.60. The first-order valence-electron chi connectivity index (χ1n) is 21.2. The van der Waals surface area contributed by atoms with E-state index in [4.69, 9.17) is 9.47 Å². The summed E-state index contributed by atoms with van der Waals surface area (Å²) in [6, 6.07) is 0. The van der Waals surface area contributed by atoms with Crippen LogP contribution in [-0.2, 0) is 14.3 Å². The van der Waals surface area contributed by atoms with Gasteiger partial charge >= 0.3 is 5.97 Å². The Balaban J connectivity index is 3.58.